The molecule has 1 amide bonds. The first-order valence-electron chi connectivity index (χ1n) is 11.6. The highest BCUT2D eigenvalue weighted by atomic mass is 19.4. The Labute approximate surface area is 209 Å². The molecule has 4 nitrogen and oxygen atoms in total. The molecule has 0 spiro atoms. The van der Waals surface area contributed by atoms with E-state index in [-0.39, 0.29) is 30.0 Å². The predicted octanol–water partition coefficient (Wildman–Crippen LogP) is 6.64. The number of likely N-dealkylation sites (tertiary alicyclic amines) is 1. The molecule has 3 aromatic rings. The van der Waals surface area contributed by atoms with Crippen molar-refractivity contribution >= 4 is 5.91 Å². The first-order valence-corrected chi connectivity index (χ1v) is 11.6. The van der Waals surface area contributed by atoms with Crippen molar-refractivity contribution in [3.05, 3.63) is 100 Å². The lowest BCUT2D eigenvalue weighted by atomic mass is 9.84. The molecule has 196 valence electrons. The number of halogens is 6. The molecular weight excluding hydrogens is 498 g/mol. The van der Waals surface area contributed by atoms with Gasteiger partial charge < -0.3 is 9.64 Å². The van der Waals surface area contributed by atoms with Crippen LogP contribution in [-0.2, 0) is 23.7 Å². The number of aryl methyl sites for hydroxylation is 1. The second kappa shape index (κ2) is 10.5. The number of nitrogens with zero attached hydrogens (tertiary/aromatic N) is 2. The van der Waals surface area contributed by atoms with Gasteiger partial charge in [0.2, 0.25) is 0 Å². The van der Waals surface area contributed by atoms with Crippen LogP contribution in [0.4, 0.5) is 26.3 Å². The number of hydrogen-bond acceptors (Lipinski definition) is 3. The number of amides is 1. The van der Waals surface area contributed by atoms with Crippen molar-refractivity contribution in [2.24, 2.45) is 0 Å². The largest absolute Gasteiger partial charge is 0.416 e. The SMILES string of the molecule is Cc1ccccc1[C@@H]1CCN(C(=O)c2ccncc2)C[C@@H]1OCc1cc(C(F)(F)F)cc(C(F)(F)F)c1. The Kier molecular flexibility index (Phi) is 7.59. The van der Waals surface area contributed by atoms with E-state index in [2.05, 4.69) is 4.98 Å². The summed E-state index contributed by atoms with van der Waals surface area (Å²) in [7, 11) is 0. The molecule has 2 heterocycles. The van der Waals surface area contributed by atoms with Crippen LogP contribution in [-0.4, -0.2) is 35.0 Å². The van der Waals surface area contributed by atoms with E-state index in [4.69, 9.17) is 4.74 Å². The Morgan fingerprint density at radius 3 is 2.19 bits per heavy atom. The van der Waals surface area contributed by atoms with Crippen LogP contribution >= 0.6 is 0 Å². The molecule has 0 saturated carbocycles. The second-order valence-electron chi connectivity index (χ2n) is 9.00. The molecule has 0 N–H and O–H groups in total. The predicted molar refractivity (Wildman–Crippen MR) is 124 cm³/mol. The summed E-state index contributed by atoms with van der Waals surface area (Å²) in [5, 5.41) is 0. The topological polar surface area (TPSA) is 42.4 Å². The molecule has 0 radical (unpaired) electrons. The first-order chi connectivity index (χ1) is 17.4. The minimum absolute atomic E-state index is 0.0926. The van der Waals surface area contributed by atoms with Crippen molar-refractivity contribution in [1.29, 1.82) is 0 Å². The van der Waals surface area contributed by atoms with E-state index in [1.165, 1.54) is 12.4 Å². The van der Waals surface area contributed by atoms with E-state index < -0.39 is 36.2 Å². The summed E-state index contributed by atoms with van der Waals surface area (Å²) in [5.74, 6) is -0.451. The Morgan fingerprint density at radius 2 is 1.59 bits per heavy atom. The fourth-order valence-corrected chi connectivity index (χ4v) is 4.61. The van der Waals surface area contributed by atoms with Gasteiger partial charge in [0.05, 0.1) is 23.8 Å². The minimum atomic E-state index is -4.95. The van der Waals surface area contributed by atoms with Crippen molar-refractivity contribution < 1.29 is 35.9 Å². The maximum Gasteiger partial charge on any atom is 0.416 e. The number of carbonyl (C=O) groups is 1. The maximum absolute atomic E-state index is 13.3. The van der Waals surface area contributed by atoms with Crippen LogP contribution in [0.25, 0.3) is 0 Å². The first kappa shape index (κ1) is 26.7. The zero-order valence-corrected chi connectivity index (χ0v) is 19.8. The van der Waals surface area contributed by atoms with Gasteiger partial charge in [0.1, 0.15) is 0 Å². The van der Waals surface area contributed by atoms with Gasteiger partial charge in [0.15, 0.2) is 0 Å². The Morgan fingerprint density at radius 1 is 0.973 bits per heavy atom. The summed E-state index contributed by atoms with van der Waals surface area (Å²) in [6.45, 7) is 1.99. The average Bonchev–Trinajstić information content (AvgIpc) is 2.86. The highest BCUT2D eigenvalue weighted by Crippen LogP contribution is 2.37. The molecular formula is C27H24F6N2O2. The zero-order valence-electron chi connectivity index (χ0n) is 19.8. The van der Waals surface area contributed by atoms with E-state index in [1.54, 1.807) is 17.0 Å². The van der Waals surface area contributed by atoms with E-state index in [0.29, 0.717) is 30.7 Å². The van der Waals surface area contributed by atoms with Crippen molar-refractivity contribution in [2.45, 2.75) is 44.3 Å². The lowest BCUT2D eigenvalue weighted by molar-refractivity contribution is -0.143. The molecule has 0 bridgehead atoms. The molecule has 0 unspecified atom stereocenters. The molecule has 1 fully saturated rings. The number of rotatable bonds is 5. The molecule has 1 aliphatic heterocycles. The summed E-state index contributed by atoms with van der Waals surface area (Å²) in [6, 6.07) is 12.1. The highest BCUT2D eigenvalue weighted by Gasteiger charge is 2.38. The van der Waals surface area contributed by atoms with Crippen LogP contribution in [0.15, 0.2) is 67.0 Å². The second-order valence-corrected chi connectivity index (χ2v) is 9.00. The molecule has 10 heteroatoms. The molecule has 1 saturated heterocycles. The molecule has 37 heavy (non-hydrogen) atoms. The number of hydrogen-bond donors (Lipinski definition) is 0. The maximum atomic E-state index is 13.3. The molecule has 1 aliphatic rings. The van der Waals surface area contributed by atoms with Crippen LogP contribution in [0.2, 0.25) is 0 Å². The van der Waals surface area contributed by atoms with Gasteiger partial charge in [-0.05, 0) is 60.4 Å². The third-order valence-electron chi connectivity index (χ3n) is 6.47. The lowest BCUT2D eigenvalue weighted by Crippen LogP contribution is -2.47. The van der Waals surface area contributed by atoms with E-state index in [9.17, 15) is 31.1 Å². The van der Waals surface area contributed by atoms with E-state index in [1.807, 2.05) is 31.2 Å². The van der Waals surface area contributed by atoms with Crippen LogP contribution in [0.5, 0.6) is 0 Å². The number of piperidine rings is 1. The minimum Gasteiger partial charge on any atom is -0.371 e. The van der Waals surface area contributed by atoms with Crippen molar-refractivity contribution in [3.63, 3.8) is 0 Å². The normalized spacial score (nSPS) is 18.6. The van der Waals surface area contributed by atoms with Crippen molar-refractivity contribution in [2.75, 3.05) is 13.1 Å². The van der Waals surface area contributed by atoms with Crippen LogP contribution in [0.3, 0.4) is 0 Å². The van der Waals surface area contributed by atoms with Gasteiger partial charge in [-0.3, -0.25) is 9.78 Å². The molecule has 2 aromatic carbocycles. The monoisotopic (exact) mass is 522 g/mol. The standard InChI is InChI=1S/C27H24F6N2O2/c1-17-4-2-3-5-22(17)23-8-11-35(25(36)19-6-9-34-10-7-19)15-24(23)37-16-18-12-20(26(28,29)30)14-21(13-18)27(31,32)33/h2-7,9-10,12-14,23-24H,8,11,15-16H2,1H3/t23-,24-/m0/s1. The molecule has 2 atom stereocenters. The van der Waals surface area contributed by atoms with E-state index >= 15 is 0 Å². The van der Waals surface area contributed by atoms with Gasteiger partial charge in [-0.25, -0.2) is 0 Å². The van der Waals surface area contributed by atoms with Gasteiger partial charge in [-0.15, -0.1) is 0 Å². The fraction of sp³-hybridized carbons (Fsp3) is 0.333. The third-order valence-corrected chi connectivity index (χ3v) is 6.47. The van der Waals surface area contributed by atoms with Crippen LogP contribution < -0.4 is 0 Å². The Hall–Kier alpha value is -3.40. The smallest absolute Gasteiger partial charge is 0.371 e. The summed E-state index contributed by atoms with van der Waals surface area (Å²) in [4.78, 5) is 18.5. The Bertz CT molecular complexity index is 1210. The molecule has 4 rings (SSSR count). The number of ether oxygens (including phenoxy) is 1. The van der Waals surface area contributed by atoms with Gasteiger partial charge in [0, 0.05) is 37.0 Å². The van der Waals surface area contributed by atoms with Crippen molar-refractivity contribution in [3.8, 4) is 0 Å². The zero-order chi connectivity index (χ0) is 26.8. The third kappa shape index (κ3) is 6.30. The summed E-state index contributed by atoms with van der Waals surface area (Å²) in [5.41, 5.74) is -0.667. The van der Waals surface area contributed by atoms with Gasteiger partial charge in [-0.1, -0.05) is 24.3 Å². The molecule has 1 aromatic heterocycles. The van der Waals surface area contributed by atoms with Crippen molar-refractivity contribution in [1.82, 2.24) is 9.88 Å². The molecule has 0 aliphatic carbocycles. The number of carbonyl (C=O) groups excluding carboxylic acids is 1. The Balaban J connectivity index is 1.62. The quantitative estimate of drug-likeness (QED) is 0.353. The van der Waals surface area contributed by atoms with Crippen LogP contribution in [0, 0.1) is 6.92 Å². The van der Waals surface area contributed by atoms with E-state index in [0.717, 1.165) is 11.1 Å². The number of pyridine rings is 1. The summed E-state index contributed by atoms with van der Waals surface area (Å²) >= 11 is 0. The van der Waals surface area contributed by atoms with Gasteiger partial charge in [-0.2, -0.15) is 26.3 Å². The number of aromatic nitrogens is 1. The highest BCUT2D eigenvalue weighted by molar-refractivity contribution is 5.94. The number of benzene rings is 2. The van der Waals surface area contributed by atoms with Crippen LogP contribution in [0.1, 0.15) is 50.5 Å². The summed E-state index contributed by atoms with van der Waals surface area (Å²) < 4.78 is 85.8. The average molecular weight is 522 g/mol. The summed E-state index contributed by atoms with van der Waals surface area (Å²) in [6.07, 6.45) is -7.04. The number of alkyl halides is 6. The fourth-order valence-electron chi connectivity index (χ4n) is 4.61. The lowest BCUT2D eigenvalue weighted by Gasteiger charge is -2.39. The van der Waals surface area contributed by atoms with Gasteiger partial charge in [0.25, 0.3) is 5.91 Å². The van der Waals surface area contributed by atoms with Gasteiger partial charge >= 0.3 is 12.4 Å².